The van der Waals surface area contributed by atoms with Gasteiger partial charge in [0.25, 0.3) is 6.43 Å². The second-order valence-electron chi connectivity index (χ2n) is 13.9. The number of likely N-dealkylation sites (N-methyl/N-ethyl adjacent to an activating group) is 1. The Balaban J connectivity index is 0.979. The number of piperidine rings is 1. The lowest BCUT2D eigenvalue weighted by Gasteiger charge is -2.36. The van der Waals surface area contributed by atoms with Gasteiger partial charge in [0.2, 0.25) is 29.7 Å². The van der Waals surface area contributed by atoms with Gasteiger partial charge >= 0.3 is 0 Å². The van der Waals surface area contributed by atoms with Gasteiger partial charge in [-0.25, -0.2) is 18.7 Å². The van der Waals surface area contributed by atoms with Gasteiger partial charge in [0.15, 0.2) is 5.82 Å². The third-order valence-electron chi connectivity index (χ3n) is 10.2. The van der Waals surface area contributed by atoms with Crippen molar-refractivity contribution in [3.63, 3.8) is 0 Å². The van der Waals surface area contributed by atoms with E-state index in [-0.39, 0.29) is 41.8 Å². The molecule has 52 heavy (non-hydrogen) atoms. The van der Waals surface area contributed by atoms with Crippen molar-refractivity contribution < 1.29 is 27.8 Å². The Bertz CT molecular complexity index is 1550. The molecular weight excluding hydrogens is 678 g/mol. The summed E-state index contributed by atoms with van der Waals surface area (Å²) in [4.78, 5) is 59.5. The van der Waals surface area contributed by atoms with Gasteiger partial charge in [-0.15, -0.1) is 0 Å². The maximum Gasteiger partial charge on any atom is 0.281 e. The van der Waals surface area contributed by atoms with Crippen molar-refractivity contribution in [3.05, 3.63) is 24.0 Å². The number of halogens is 2. The second kappa shape index (κ2) is 17.6. The predicted octanol–water partition coefficient (Wildman–Crippen LogP) is 0.781. The summed E-state index contributed by atoms with van der Waals surface area (Å²) in [7, 11) is 2.13. The number of morpholine rings is 1. The number of ether oxygens (including phenoxy) is 2. The zero-order chi connectivity index (χ0) is 36.6. The summed E-state index contributed by atoms with van der Waals surface area (Å²) in [5.74, 6) is 0.660. The number of hydrogen-bond donors (Lipinski definition) is 1. The largest absolute Gasteiger partial charge is 0.377 e. The van der Waals surface area contributed by atoms with Crippen molar-refractivity contribution in [1.29, 1.82) is 0 Å². The Morgan fingerprint density at radius 3 is 2.40 bits per heavy atom. The lowest BCUT2D eigenvalue weighted by molar-refractivity contribution is -0.137. The van der Waals surface area contributed by atoms with Crippen LogP contribution in [-0.2, 0) is 19.1 Å². The maximum absolute atomic E-state index is 14.0. The minimum atomic E-state index is -2.91. The van der Waals surface area contributed by atoms with Crippen LogP contribution in [-0.4, -0.2) is 174 Å². The highest BCUT2D eigenvalue weighted by Gasteiger charge is 2.29. The Morgan fingerprint density at radius 1 is 0.962 bits per heavy atom. The van der Waals surface area contributed by atoms with Crippen molar-refractivity contribution in [3.8, 4) is 11.4 Å². The van der Waals surface area contributed by atoms with E-state index in [9.17, 15) is 18.4 Å². The summed E-state index contributed by atoms with van der Waals surface area (Å²) in [6.45, 7) is 11.9. The topological polar surface area (TPSA) is 163 Å². The molecule has 2 aromatic rings. The normalized spacial score (nSPS) is 21.4. The van der Waals surface area contributed by atoms with E-state index in [1.165, 1.54) is 6.20 Å². The Labute approximate surface area is 303 Å². The summed E-state index contributed by atoms with van der Waals surface area (Å²) in [5, 5.41) is 0. The standard InChI is InChI=1S/C34H50F2N12O4/c1-24-21-51-19-18-48(24)34-41-31(26-20-38-32(37)39-29(26)30(35)36)40-33(42-34)47-16-14-46(15-17-47)28(50)23-52-22-25-5-8-45(9-6-25)27(49)4-3-7-44-12-10-43(2)11-13-44/h3-4,20,24-25,30H,5-19,21-23H2,1-2H3,(H2,37,38,39)/b4-3+/t24-/m0/s1. The molecule has 0 unspecified atom stereocenters. The van der Waals surface area contributed by atoms with Gasteiger partial charge in [-0.3, -0.25) is 14.5 Å². The summed E-state index contributed by atoms with van der Waals surface area (Å²) in [6, 6.07) is -0.0435. The number of aromatic nitrogens is 5. The molecule has 0 spiro atoms. The number of carbonyl (C=O) groups is 2. The van der Waals surface area contributed by atoms with Crippen molar-refractivity contribution >= 4 is 29.7 Å². The number of carbonyl (C=O) groups excluding carboxylic acids is 2. The third kappa shape index (κ3) is 9.64. The van der Waals surface area contributed by atoms with Crippen LogP contribution in [0.5, 0.6) is 0 Å². The minimum absolute atomic E-state index is 0.0172. The zero-order valence-electron chi connectivity index (χ0n) is 30.1. The van der Waals surface area contributed by atoms with E-state index in [1.54, 1.807) is 11.0 Å². The fourth-order valence-corrected chi connectivity index (χ4v) is 6.83. The second-order valence-corrected chi connectivity index (χ2v) is 13.9. The van der Waals surface area contributed by atoms with Crippen LogP contribution >= 0.6 is 0 Å². The Morgan fingerprint density at radius 2 is 1.69 bits per heavy atom. The van der Waals surface area contributed by atoms with Crippen LogP contribution in [0.25, 0.3) is 11.4 Å². The first-order valence-corrected chi connectivity index (χ1v) is 18.1. The monoisotopic (exact) mass is 728 g/mol. The van der Waals surface area contributed by atoms with Crippen molar-refractivity contribution in [1.82, 2.24) is 44.5 Å². The fraction of sp³-hybridized carbons (Fsp3) is 0.676. The molecule has 16 nitrogen and oxygen atoms in total. The lowest BCUT2D eigenvalue weighted by Crippen LogP contribution is -2.50. The summed E-state index contributed by atoms with van der Waals surface area (Å²) >= 11 is 0. The van der Waals surface area contributed by atoms with Crippen LogP contribution in [0.2, 0.25) is 0 Å². The Kier molecular flexibility index (Phi) is 12.7. The first-order valence-electron chi connectivity index (χ1n) is 18.1. The fourth-order valence-electron chi connectivity index (χ4n) is 6.83. The molecule has 0 saturated carbocycles. The van der Waals surface area contributed by atoms with Crippen LogP contribution in [0.15, 0.2) is 18.3 Å². The number of piperazine rings is 2. The Hall–Kier alpha value is -4.13. The van der Waals surface area contributed by atoms with Crippen LogP contribution in [0, 0.1) is 5.92 Å². The van der Waals surface area contributed by atoms with E-state index in [0.29, 0.717) is 83.4 Å². The molecule has 4 saturated heterocycles. The summed E-state index contributed by atoms with van der Waals surface area (Å²) in [6.07, 6.45) is 3.65. The molecule has 18 heteroatoms. The molecule has 1 atom stereocenters. The number of nitrogens with zero attached hydrogens (tertiary/aromatic N) is 11. The van der Waals surface area contributed by atoms with Gasteiger partial charge in [-0.2, -0.15) is 15.0 Å². The van der Waals surface area contributed by atoms with Gasteiger partial charge in [-0.05, 0) is 32.7 Å². The predicted molar refractivity (Wildman–Crippen MR) is 190 cm³/mol. The highest BCUT2D eigenvalue weighted by molar-refractivity contribution is 5.87. The molecular formula is C34H50F2N12O4. The number of nitrogens with two attached hydrogens (primary N) is 1. The van der Waals surface area contributed by atoms with E-state index in [1.807, 2.05) is 27.7 Å². The molecule has 0 aromatic carbocycles. The smallest absolute Gasteiger partial charge is 0.281 e. The lowest BCUT2D eigenvalue weighted by atomic mass is 9.98. The molecule has 2 N–H and O–H groups in total. The van der Waals surface area contributed by atoms with E-state index >= 15 is 0 Å². The van der Waals surface area contributed by atoms with Crippen LogP contribution < -0.4 is 15.5 Å². The van der Waals surface area contributed by atoms with Crippen molar-refractivity contribution in [2.75, 3.05) is 128 Å². The number of alkyl halides is 2. The number of anilines is 3. The summed E-state index contributed by atoms with van der Waals surface area (Å²) < 4.78 is 39.4. The highest BCUT2D eigenvalue weighted by Crippen LogP contribution is 2.30. The van der Waals surface area contributed by atoms with E-state index in [2.05, 4.69) is 36.8 Å². The average Bonchev–Trinajstić information content (AvgIpc) is 3.16. The van der Waals surface area contributed by atoms with Gasteiger partial charge in [-0.1, -0.05) is 6.08 Å². The maximum atomic E-state index is 14.0. The van der Waals surface area contributed by atoms with Gasteiger partial charge < -0.3 is 39.7 Å². The molecule has 0 radical (unpaired) electrons. The third-order valence-corrected chi connectivity index (χ3v) is 10.2. The molecule has 284 valence electrons. The van der Waals surface area contributed by atoms with E-state index in [4.69, 9.17) is 20.2 Å². The molecule has 4 aliphatic rings. The quantitative estimate of drug-likeness (QED) is 0.323. The highest BCUT2D eigenvalue weighted by atomic mass is 19.3. The zero-order valence-corrected chi connectivity index (χ0v) is 30.1. The number of amides is 2. The molecule has 6 rings (SSSR count). The first-order chi connectivity index (χ1) is 25.1. The molecule has 6 heterocycles. The van der Waals surface area contributed by atoms with Crippen molar-refractivity contribution in [2.24, 2.45) is 5.92 Å². The number of likely N-dealkylation sites (tertiary alicyclic amines) is 1. The molecule has 4 fully saturated rings. The number of nitrogen functional groups attached to an aromatic ring is 1. The average molecular weight is 729 g/mol. The number of hydrogen-bond acceptors (Lipinski definition) is 14. The molecule has 0 bridgehead atoms. The summed E-state index contributed by atoms with van der Waals surface area (Å²) in [5.41, 5.74) is 5.04. The van der Waals surface area contributed by atoms with E-state index in [0.717, 1.165) is 45.6 Å². The molecule has 2 amide bonds. The first kappa shape index (κ1) is 37.6. The molecule has 0 aliphatic carbocycles. The van der Waals surface area contributed by atoms with E-state index < -0.39 is 12.1 Å². The van der Waals surface area contributed by atoms with Crippen molar-refractivity contribution in [2.45, 2.75) is 32.2 Å². The van der Waals surface area contributed by atoms with Gasteiger partial charge in [0.05, 0.1) is 31.4 Å². The minimum Gasteiger partial charge on any atom is -0.377 e. The van der Waals surface area contributed by atoms with Gasteiger partial charge in [0.1, 0.15) is 12.3 Å². The van der Waals surface area contributed by atoms with Crippen LogP contribution in [0.1, 0.15) is 31.9 Å². The van der Waals surface area contributed by atoms with Gasteiger partial charge in [0, 0.05) is 90.8 Å². The molecule has 4 aliphatic heterocycles. The molecule has 2 aromatic heterocycles. The SMILES string of the molecule is C[C@H]1COCCN1c1nc(-c2cnc(N)nc2C(F)F)nc(N2CCN(C(=O)COCC3CCN(C(=O)/C=C/CN4CCN(C)CC4)CC3)CC2)n1. The van der Waals surface area contributed by atoms with Crippen LogP contribution in [0.3, 0.4) is 0 Å². The number of rotatable bonds is 11. The van der Waals surface area contributed by atoms with Crippen LogP contribution in [0.4, 0.5) is 26.6 Å².